The molecule has 11 nitrogen and oxygen atoms in total. The van der Waals surface area contributed by atoms with Gasteiger partial charge in [0, 0.05) is 79.3 Å². The molecular weight excluding hydrogens is 714 g/mol. The second-order valence-electron chi connectivity index (χ2n) is 16.2. The van der Waals surface area contributed by atoms with Gasteiger partial charge in [0.15, 0.2) is 0 Å². The maximum absolute atomic E-state index is 13.5. The van der Waals surface area contributed by atoms with Gasteiger partial charge in [0.1, 0.15) is 11.7 Å². The summed E-state index contributed by atoms with van der Waals surface area (Å²) in [6, 6.07) is 14.5. The van der Waals surface area contributed by atoms with Gasteiger partial charge in [-0.3, -0.25) is 34.3 Å². The van der Waals surface area contributed by atoms with Crippen molar-refractivity contribution in [3.8, 4) is 11.1 Å². The lowest BCUT2D eigenvalue weighted by atomic mass is 9.92. The Hall–Kier alpha value is -4.84. The lowest BCUT2D eigenvalue weighted by Gasteiger charge is -2.36. The average Bonchev–Trinajstić information content (AvgIpc) is 3.79. The van der Waals surface area contributed by atoms with Crippen LogP contribution in [0.3, 0.4) is 0 Å². The molecule has 3 atom stereocenters. The molecule has 12 heteroatoms. The molecule has 4 fully saturated rings. The van der Waals surface area contributed by atoms with Crippen LogP contribution >= 0.6 is 11.6 Å². The van der Waals surface area contributed by atoms with Crippen LogP contribution in [0.1, 0.15) is 84.3 Å². The summed E-state index contributed by atoms with van der Waals surface area (Å²) in [5.41, 5.74) is 8.90. The minimum Gasteiger partial charge on any atom is -0.346 e. The number of nitrogens with one attached hydrogen (secondary N) is 2. The van der Waals surface area contributed by atoms with E-state index in [1.165, 1.54) is 24.0 Å². The molecule has 4 amide bonds. The van der Waals surface area contributed by atoms with Gasteiger partial charge in [0.2, 0.25) is 17.7 Å². The number of piperidine rings is 1. The van der Waals surface area contributed by atoms with Crippen LogP contribution in [-0.2, 0) is 20.9 Å². The molecule has 2 aromatic carbocycles. The van der Waals surface area contributed by atoms with Gasteiger partial charge in [-0.25, -0.2) is 4.98 Å². The Labute approximate surface area is 324 Å². The number of halogens is 1. The minimum atomic E-state index is -0.603. The molecule has 4 aromatic rings. The molecule has 0 radical (unpaired) electrons. The molecule has 3 saturated heterocycles. The van der Waals surface area contributed by atoms with Gasteiger partial charge in [-0.2, -0.15) is 0 Å². The first-order valence-electron chi connectivity index (χ1n) is 19.8. The first-order chi connectivity index (χ1) is 26.8. The van der Waals surface area contributed by atoms with Gasteiger partial charge >= 0.3 is 0 Å². The highest BCUT2D eigenvalue weighted by Crippen LogP contribution is 2.46. The van der Waals surface area contributed by atoms with E-state index in [1.807, 2.05) is 41.6 Å². The SMILES string of the molecule is O=C1CCC(N2Cc3cc(C4=CC5CCC(C4)N5CCCN4CCN(c5cccc(-c6cnc7[nH]cc(C8CC8)c7c6Cl)c5)C(=O)C4)ccc3C2=O)C(=O)N1. The van der Waals surface area contributed by atoms with E-state index >= 15 is 0 Å². The Morgan fingerprint density at radius 2 is 1.78 bits per heavy atom. The molecule has 3 unspecified atom stereocenters. The number of carbonyl (C=O) groups is 4. The zero-order valence-corrected chi connectivity index (χ0v) is 31.5. The minimum absolute atomic E-state index is 0.117. The van der Waals surface area contributed by atoms with E-state index < -0.39 is 6.04 Å². The quantitative estimate of drug-likeness (QED) is 0.205. The van der Waals surface area contributed by atoms with Crippen LogP contribution in [0.4, 0.5) is 5.69 Å². The summed E-state index contributed by atoms with van der Waals surface area (Å²) in [7, 11) is 0. The number of benzene rings is 2. The fourth-order valence-corrected chi connectivity index (χ4v) is 10.1. The summed E-state index contributed by atoms with van der Waals surface area (Å²) in [4.78, 5) is 67.3. The van der Waals surface area contributed by atoms with Crippen molar-refractivity contribution < 1.29 is 19.2 Å². The predicted molar refractivity (Wildman–Crippen MR) is 211 cm³/mol. The lowest BCUT2D eigenvalue weighted by molar-refractivity contribution is -0.137. The van der Waals surface area contributed by atoms with Gasteiger partial charge in [-0.15, -0.1) is 0 Å². The Bertz CT molecular complexity index is 2300. The van der Waals surface area contributed by atoms with Crippen LogP contribution in [0.5, 0.6) is 0 Å². The summed E-state index contributed by atoms with van der Waals surface area (Å²) in [6.45, 7) is 4.16. The van der Waals surface area contributed by atoms with Gasteiger partial charge in [0.05, 0.1) is 11.6 Å². The van der Waals surface area contributed by atoms with Crippen LogP contribution in [-0.4, -0.2) is 99.1 Å². The van der Waals surface area contributed by atoms with Crippen molar-refractivity contribution in [2.45, 2.75) is 82.0 Å². The third-order valence-corrected chi connectivity index (χ3v) is 13.2. The highest BCUT2D eigenvalue weighted by atomic mass is 35.5. The smallest absolute Gasteiger partial charge is 0.255 e. The maximum Gasteiger partial charge on any atom is 0.255 e. The topological polar surface area (TPSA) is 122 Å². The predicted octanol–water partition coefficient (Wildman–Crippen LogP) is 5.88. The van der Waals surface area contributed by atoms with Crippen molar-refractivity contribution in [1.29, 1.82) is 0 Å². The summed E-state index contributed by atoms with van der Waals surface area (Å²) in [5, 5.41) is 4.12. The number of imide groups is 1. The summed E-state index contributed by atoms with van der Waals surface area (Å²) in [5.74, 6) is -0.118. The van der Waals surface area contributed by atoms with E-state index in [0.717, 1.165) is 89.3 Å². The molecule has 1 saturated carbocycles. The van der Waals surface area contributed by atoms with Crippen LogP contribution in [0.2, 0.25) is 5.02 Å². The van der Waals surface area contributed by atoms with Crippen molar-refractivity contribution in [3.63, 3.8) is 0 Å². The molecule has 1 aliphatic carbocycles. The number of H-pyrrole nitrogens is 1. The van der Waals surface area contributed by atoms with Gasteiger partial charge in [-0.05, 0) is 110 Å². The molecular formula is C43H44ClN7O4. The van der Waals surface area contributed by atoms with E-state index in [0.29, 0.717) is 49.6 Å². The Morgan fingerprint density at radius 1 is 0.891 bits per heavy atom. The van der Waals surface area contributed by atoms with Crippen molar-refractivity contribution in [3.05, 3.63) is 88.2 Å². The van der Waals surface area contributed by atoms with Crippen LogP contribution in [0.25, 0.3) is 27.7 Å². The number of carbonyl (C=O) groups excluding carboxylic acids is 4. The highest BCUT2D eigenvalue weighted by molar-refractivity contribution is 6.38. The van der Waals surface area contributed by atoms with Crippen molar-refractivity contribution in [2.75, 3.05) is 37.6 Å². The van der Waals surface area contributed by atoms with E-state index in [1.54, 1.807) is 4.90 Å². The number of piperazine rings is 1. The molecule has 10 rings (SSSR count). The zero-order valence-electron chi connectivity index (χ0n) is 30.7. The first kappa shape index (κ1) is 34.6. The van der Waals surface area contributed by atoms with E-state index in [-0.39, 0.29) is 30.0 Å². The molecule has 5 aliphatic heterocycles. The summed E-state index contributed by atoms with van der Waals surface area (Å²) < 4.78 is 0. The third-order valence-electron chi connectivity index (χ3n) is 12.8. The van der Waals surface area contributed by atoms with E-state index in [2.05, 4.69) is 49.4 Å². The molecule has 2 aromatic heterocycles. The normalized spacial score (nSPS) is 24.5. The number of hydrogen-bond acceptors (Lipinski definition) is 7. The van der Waals surface area contributed by atoms with Crippen molar-refractivity contribution in [1.82, 2.24) is 30.0 Å². The fraction of sp³-hybridized carbons (Fsp3) is 0.419. The number of fused-ring (bicyclic) bond motifs is 4. The summed E-state index contributed by atoms with van der Waals surface area (Å²) in [6.07, 6.45) is 13.6. The second-order valence-corrected chi connectivity index (χ2v) is 16.5. The number of amides is 4. The van der Waals surface area contributed by atoms with E-state index in [4.69, 9.17) is 11.6 Å². The number of rotatable bonds is 9. The Balaban J connectivity index is 0.746. The fourth-order valence-electron chi connectivity index (χ4n) is 9.76. The standard InChI is InChI=1S/C43H44ClN7O4/c44-40-35(22-46-41-39(40)34(21-45-41)25-5-6-25)27-3-1-4-30(18-27)50-16-15-48(24-38(50)53)13-2-14-49-31-8-9-32(49)20-28(19-31)26-7-10-33-29(17-26)23-51(43(33)55)36-11-12-37(52)47-42(36)54/h1,3-4,7,10,17-19,21-22,25,31-32,36H,2,5-6,8-9,11-16,20,23-24H2,(H,45,46)(H,47,52,54). The molecule has 2 N–H and O–H groups in total. The van der Waals surface area contributed by atoms with Crippen molar-refractivity contribution >= 4 is 57.5 Å². The molecule has 282 valence electrons. The average molecular weight is 758 g/mol. The molecule has 6 aliphatic rings. The number of aromatic nitrogens is 2. The monoisotopic (exact) mass is 757 g/mol. The number of aromatic amines is 1. The zero-order chi connectivity index (χ0) is 37.4. The number of anilines is 1. The van der Waals surface area contributed by atoms with Gasteiger partial charge in [0.25, 0.3) is 5.91 Å². The highest BCUT2D eigenvalue weighted by Gasteiger charge is 2.40. The molecule has 55 heavy (non-hydrogen) atoms. The van der Waals surface area contributed by atoms with Crippen LogP contribution < -0.4 is 10.2 Å². The van der Waals surface area contributed by atoms with Gasteiger partial charge in [-0.1, -0.05) is 35.9 Å². The lowest BCUT2D eigenvalue weighted by Crippen LogP contribution is -2.52. The first-order valence-corrected chi connectivity index (χ1v) is 20.2. The Morgan fingerprint density at radius 3 is 2.60 bits per heavy atom. The third kappa shape index (κ3) is 6.26. The summed E-state index contributed by atoms with van der Waals surface area (Å²) >= 11 is 7.02. The second kappa shape index (κ2) is 13.7. The number of hydrogen-bond donors (Lipinski definition) is 2. The largest absolute Gasteiger partial charge is 0.346 e. The number of nitrogens with zero attached hydrogens (tertiary/aromatic N) is 5. The van der Waals surface area contributed by atoms with Gasteiger partial charge < -0.3 is 14.8 Å². The van der Waals surface area contributed by atoms with Crippen LogP contribution in [0, 0.1) is 0 Å². The Kier molecular flexibility index (Phi) is 8.64. The maximum atomic E-state index is 13.5. The molecule has 0 spiro atoms. The van der Waals surface area contributed by atoms with E-state index in [9.17, 15) is 19.2 Å². The van der Waals surface area contributed by atoms with Crippen molar-refractivity contribution in [2.24, 2.45) is 0 Å². The molecule has 7 heterocycles. The molecule has 2 bridgehead atoms. The van der Waals surface area contributed by atoms with Crippen LogP contribution in [0.15, 0.2) is 60.9 Å². The number of pyridine rings is 1.